The van der Waals surface area contributed by atoms with Gasteiger partial charge in [-0.2, -0.15) is 0 Å². The lowest BCUT2D eigenvalue weighted by Gasteiger charge is -2.18. The second kappa shape index (κ2) is 7.15. The first-order valence-electron chi connectivity index (χ1n) is 6.79. The van der Waals surface area contributed by atoms with E-state index >= 15 is 0 Å². The highest BCUT2D eigenvalue weighted by Crippen LogP contribution is 2.17. The standard InChI is InChI=1S/C16H18N2O2S/c1-11(10-14(19)12-6-3-2-4-7-12)18-15(20)13-8-5-9-17-16(13)21/h2-9,11,14,19H,10H2,1H3,(H,17,21)(H,18,20). The summed E-state index contributed by atoms with van der Waals surface area (Å²) in [4.78, 5) is 14.9. The molecule has 0 spiro atoms. The van der Waals surface area contributed by atoms with Gasteiger partial charge in [0.2, 0.25) is 0 Å². The molecular weight excluding hydrogens is 284 g/mol. The summed E-state index contributed by atoms with van der Waals surface area (Å²) in [5.41, 5.74) is 1.28. The second-order valence-electron chi connectivity index (χ2n) is 4.95. The van der Waals surface area contributed by atoms with Gasteiger partial charge in [0.25, 0.3) is 5.91 Å². The summed E-state index contributed by atoms with van der Waals surface area (Å²) in [5, 5.41) is 13.0. The van der Waals surface area contributed by atoms with E-state index in [1.54, 1.807) is 18.3 Å². The first-order valence-corrected chi connectivity index (χ1v) is 7.20. The number of carbonyl (C=O) groups excluding carboxylic acids is 1. The molecule has 2 aromatic rings. The number of pyridine rings is 1. The average Bonchev–Trinajstić information content (AvgIpc) is 2.48. The van der Waals surface area contributed by atoms with Crippen LogP contribution in [0.4, 0.5) is 0 Å². The fourth-order valence-electron chi connectivity index (χ4n) is 2.11. The molecule has 0 fully saturated rings. The number of hydrogen-bond acceptors (Lipinski definition) is 3. The molecule has 5 heteroatoms. The van der Waals surface area contributed by atoms with Crippen molar-refractivity contribution in [2.24, 2.45) is 0 Å². The number of rotatable bonds is 5. The number of aliphatic hydroxyl groups excluding tert-OH is 1. The molecule has 2 rings (SSSR count). The van der Waals surface area contributed by atoms with E-state index in [-0.39, 0.29) is 11.9 Å². The van der Waals surface area contributed by atoms with E-state index in [9.17, 15) is 9.90 Å². The maximum Gasteiger partial charge on any atom is 0.254 e. The minimum absolute atomic E-state index is 0.165. The lowest BCUT2D eigenvalue weighted by Crippen LogP contribution is -2.34. The van der Waals surface area contributed by atoms with Crippen molar-refractivity contribution in [3.05, 3.63) is 64.4 Å². The van der Waals surface area contributed by atoms with Gasteiger partial charge in [-0.3, -0.25) is 4.79 Å². The van der Waals surface area contributed by atoms with Gasteiger partial charge in [0, 0.05) is 12.2 Å². The van der Waals surface area contributed by atoms with Gasteiger partial charge >= 0.3 is 0 Å². The SMILES string of the molecule is CC(CC(O)c1ccccc1)NC(=O)c1ccc[nH]c1=S. The fourth-order valence-corrected chi connectivity index (χ4v) is 2.34. The van der Waals surface area contributed by atoms with Crippen molar-refractivity contribution in [3.8, 4) is 0 Å². The molecule has 2 unspecified atom stereocenters. The molecule has 4 nitrogen and oxygen atoms in total. The molecule has 1 heterocycles. The molecular formula is C16H18N2O2S. The Morgan fingerprint density at radius 2 is 2.00 bits per heavy atom. The first kappa shape index (κ1) is 15.4. The molecule has 0 aliphatic rings. The number of aliphatic hydroxyl groups is 1. The Morgan fingerprint density at radius 3 is 2.67 bits per heavy atom. The quantitative estimate of drug-likeness (QED) is 0.744. The van der Waals surface area contributed by atoms with Crippen LogP contribution in [0.5, 0.6) is 0 Å². The third kappa shape index (κ3) is 4.24. The maximum atomic E-state index is 12.1. The normalized spacial score (nSPS) is 13.4. The van der Waals surface area contributed by atoms with Crippen LogP contribution in [0.3, 0.4) is 0 Å². The van der Waals surface area contributed by atoms with E-state index in [4.69, 9.17) is 12.2 Å². The van der Waals surface area contributed by atoms with Crippen LogP contribution in [0.25, 0.3) is 0 Å². The zero-order valence-corrected chi connectivity index (χ0v) is 12.6. The average molecular weight is 302 g/mol. The van der Waals surface area contributed by atoms with Crippen molar-refractivity contribution in [2.45, 2.75) is 25.5 Å². The number of carbonyl (C=O) groups is 1. The fraction of sp³-hybridized carbons (Fsp3) is 0.250. The predicted octanol–water partition coefficient (Wildman–Crippen LogP) is 2.99. The highest BCUT2D eigenvalue weighted by molar-refractivity contribution is 7.71. The number of aromatic nitrogens is 1. The number of hydrogen-bond donors (Lipinski definition) is 3. The lowest BCUT2D eigenvalue weighted by atomic mass is 10.0. The molecule has 110 valence electrons. The van der Waals surface area contributed by atoms with E-state index in [0.29, 0.717) is 16.6 Å². The zero-order valence-electron chi connectivity index (χ0n) is 11.7. The topological polar surface area (TPSA) is 65.1 Å². The molecule has 3 N–H and O–H groups in total. The Hall–Kier alpha value is -1.98. The summed E-state index contributed by atoms with van der Waals surface area (Å²) in [7, 11) is 0. The molecule has 1 amide bonds. The molecule has 0 aliphatic carbocycles. The van der Waals surface area contributed by atoms with Crippen LogP contribution in [0, 0.1) is 4.64 Å². The summed E-state index contributed by atoms with van der Waals surface area (Å²) in [6.07, 6.45) is 1.52. The van der Waals surface area contributed by atoms with E-state index in [1.807, 2.05) is 37.3 Å². The van der Waals surface area contributed by atoms with E-state index in [0.717, 1.165) is 5.56 Å². The maximum absolute atomic E-state index is 12.1. The summed E-state index contributed by atoms with van der Waals surface area (Å²) >= 11 is 5.08. The number of nitrogens with one attached hydrogen (secondary N) is 2. The molecule has 1 aromatic heterocycles. The Bertz CT molecular complexity index is 655. The summed E-state index contributed by atoms with van der Waals surface area (Å²) in [6.45, 7) is 1.86. The molecule has 21 heavy (non-hydrogen) atoms. The van der Waals surface area contributed by atoms with E-state index < -0.39 is 6.10 Å². The van der Waals surface area contributed by atoms with Crippen molar-refractivity contribution in [1.82, 2.24) is 10.3 Å². The number of H-pyrrole nitrogens is 1. The minimum atomic E-state index is -0.605. The third-order valence-corrected chi connectivity index (χ3v) is 3.54. The van der Waals surface area contributed by atoms with E-state index in [2.05, 4.69) is 10.3 Å². The van der Waals surface area contributed by atoms with Crippen LogP contribution < -0.4 is 5.32 Å². The number of benzene rings is 1. The smallest absolute Gasteiger partial charge is 0.254 e. The molecule has 0 saturated carbocycles. The number of amides is 1. The molecule has 0 bridgehead atoms. The minimum Gasteiger partial charge on any atom is -0.388 e. The van der Waals surface area contributed by atoms with Gasteiger partial charge < -0.3 is 15.4 Å². The predicted molar refractivity (Wildman–Crippen MR) is 84.6 cm³/mol. The first-order chi connectivity index (χ1) is 10.1. The Morgan fingerprint density at radius 1 is 1.29 bits per heavy atom. The molecule has 2 atom stereocenters. The van der Waals surface area contributed by atoms with Crippen molar-refractivity contribution >= 4 is 18.1 Å². The van der Waals surface area contributed by atoms with Crippen LogP contribution in [0.2, 0.25) is 0 Å². The Kier molecular flexibility index (Phi) is 5.25. The highest BCUT2D eigenvalue weighted by atomic mass is 32.1. The highest BCUT2D eigenvalue weighted by Gasteiger charge is 2.15. The second-order valence-corrected chi connectivity index (χ2v) is 5.36. The van der Waals surface area contributed by atoms with Crippen LogP contribution >= 0.6 is 12.2 Å². The van der Waals surface area contributed by atoms with Crippen molar-refractivity contribution in [1.29, 1.82) is 0 Å². The monoisotopic (exact) mass is 302 g/mol. The Balaban J connectivity index is 1.96. The van der Waals surface area contributed by atoms with Gasteiger partial charge in [-0.15, -0.1) is 0 Å². The molecule has 0 aliphatic heterocycles. The molecule has 1 aromatic carbocycles. The van der Waals surface area contributed by atoms with Crippen LogP contribution in [0.15, 0.2) is 48.7 Å². The number of aromatic amines is 1. The molecule has 0 saturated heterocycles. The summed E-state index contributed by atoms with van der Waals surface area (Å²) in [6, 6.07) is 12.6. The van der Waals surface area contributed by atoms with Gasteiger partial charge in [0.1, 0.15) is 4.64 Å². The van der Waals surface area contributed by atoms with Crippen molar-refractivity contribution in [2.75, 3.05) is 0 Å². The van der Waals surface area contributed by atoms with Gasteiger partial charge in [0.15, 0.2) is 0 Å². The Labute approximate surface area is 128 Å². The summed E-state index contributed by atoms with van der Waals surface area (Å²) < 4.78 is 0.408. The third-order valence-electron chi connectivity index (χ3n) is 3.20. The van der Waals surface area contributed by atoms with Crippen molar-refractivity contribution < 1.29 is 9.90 Å². The van der Waals surface area contributed by atoms with Crippen LogP contribution in [0.1, 0.15) is 35.4 Å². The van der Waals surface area contributed by atoms with Gasteiger partial charge in [0.05, 0.1) is 11.7 Å². The van der Waals surface area contributed by atoms with Crippen LogP contribution in [-0.2, 0) is 0 Å². The molecule has 0 radical (unpaired) electrons. The summed E-state index contributed by atoms with van der Waals surface area (Å²) in [5.74, 6) is -0.232. The van der Waals surface area contributed by atoms with Crippen molar-refractivity contribution in [3.63, 3.8) is 0 Å². The van der Waals surface area contributed by atoms with E-state index in [1.165, 1.54) is 0 Å². The zero-order chi connectivity index (χ0) is 15.2. The largest absolute Gasteiger partial charge is 0.388 e. The van der Waals surface area contributed by atoms with Gasteiger partial charge in [-0.25, -0.2) is 0 Å². The van der Waals surface area contributed by atoms with Gasteiger partial charge in [-0.1, -0.05) is 42.5 Å². The lowest BCUT2D eigenvalue weighted by molar-refractivity contribution is 0.0916. The van der Waals surface area contributed by atoms with Crippen LogP contribution in [-0.4, -0.2) is 22.0 Å². The van der Waals surface area contributed by atoms with Gasteiger partial charge in [-0.05, 0) is 31.0 Å².